The van der Waals surface area contributed by atoms with E-state index in [0.29, 0.717) is 6.61 Å². The van der Waals surface area contributed by atoms with E-state index in [-0.39, 0.29) is 0 Å². The van der Waals surface area contributed by atoms with Gasteiger partial charge in [0.2, 0.25) is 0 Å². The SMILES string of the molecule is CCOC(=O)C(N)c1cccc(-c2ccccc2)c1. The van der Waals surface area contributed by atoms with Crippen LogP contribution in [0.5, 0.6) is 0 Å². The molecule has 2 N–H and O–H groups in total. The van der Waals surface area contributed by atoms with Crippen molar-refractivity contribution in [3.63, 3.8) is 0 Å². The van der Waals surface area contributed by atoms with Gasteiger partial charge in [0.15, 0.2) is 0 Å². The lowest BCUT2D eigenvalue weighted by atomic mass is 10.00. The third-order valence-corrected chi connectivity index (χ3v) is 2.89. The third-order valence-electron chi connectivity index (χ3n) is 2.89. The maximum atomic E-state index is 11.6. The summed E-state index contributed by atoms with van der Waals surface area (Å²) in [6.07, 6.45) is 0. The van der Waals surface area contributed by atoms with Crippen LogP contribution in [-0.4, -0.2) is 12.6 Å². The van der Waals surface area contributed by atoms with Gasteiger partial charge in [-0.25, -0.2) is 4.79 Å². The standard InChI is InChI=1S/C16H17NO2/c1-2-19-16(18)15(17)14-10-6-9-13(11-14)12-7-4-3-5-8-12/h3-11,15H,2,17H2,1H3. The molecule has 3 nitrogen and oxygen atoms in total. The van der Waals surface area contributed by atoms with Crippen LogP contribution >= 0.6 is 0 Å². The van der Waals surface area contributed by atoms with Crippen molar-refractivity contribution in [1.29, 1.82) is 0 Å². The first-order valence-electron chi connectivity index (χ1n) is 6.30. The monoisotopic (exact) mass is 255 g/mol. The summed E-state index contributed by atoms with van der Waals surface area (Å²) in [6.45, 7) is 2.11. The summed E-state index contributed by atoms with van der Waals surface area (Å²) in [5.41, 5.74) is 8.80. The molecule has 2 aromatic carbocycles. The number of benzene rings is 2. The Labute approximate surface area is 113 Å². The molecule has 1 atom stereocenters. The van der Waals surface area contributed by atoms with E-state index in [2.05, 4.69) is 0 Å². The van der Waals surface area contributed by atoms with E-state index in [9.17, 15) is 4.79 Å². The molecule has 0 spiro atoms. The second-order valence-corrected chi connectivity index (χ2v) is 4.22. The van der Waals surface area contributed by atoms with Crippen LogP contribution in [0.25, 0.3) is 11.1 Å². The summed E-state index contributed by atoms with van der Waals surface area (Å²) in [5.74, 6) is -0.396. The normalized spacial score (nSPS) is 11.9. The smallest absolute Gasteiger partial charge is 0.327 e. The highest BCUT2D eigenvalue weighted by Crippen LogP contribution is 2.22. The molecular weight excluding hydrogens is 238 g/mol. The molecule has 2 aromatic rings. The van der Waals surface area contributed by atoms with Gasteiger partial charge >= 0.3 is 5.97 Å². The number of carbonyl (C=O) groups excluding carboxylic acids is 1. The summed E-state index contributed by atoms with van der Waals surface area (Å²) in [6, 6.07) is 16.9. The fourth-order valence-electron chi connectivity index (χ4n) is 1.91. The molecule has 19 heavy (non-hydrogen) atoms. The van der Waals surface area contributed by atoms with Gasteiger partial charge in [-0.3, -0.25) is 0 Å². The molecule has 0 amide bonds. The minimum absolute atomic E-state index is 0.338. The molecule has 98 valence electrons. The molecule has 0 heterocycles. The van der Waals surface area contributed by atoms with Crippen LogP contribution in [0.2, 0.25) is 0 Å². The number of carbonyl (C=O) groups is 1. The van der Waals surface area contributed by atoms with Crippen molar-refractivity contribution < 1.29 is 9.53 Å². The lowest BCUT2D eigenvalue weighted by Crippen LogP contribution is -2.23. The highest BCUT2D eigenvalue weighted by molar-refractivity contribution is 5.78. The van der Waals surface area contributed by atoms with Gasteiger partial charge in [0.25, 0.3) is 0 Å². The van der Waals surface area contributed by atoms with Gasteiger partial charge in [0.1, 0.15) is 6.04 Å². The highest BCUT2D eigenvalue weighted by atomic mass is 16.5. The van der Waals surface area contributed by atoms with Crippen molar-refractivity contribution in [3.05, 3.63) is 60.2 Å². The molecule has 0 aliphatic rings. The van der Waals surface area contributed by atoms with Crippen LogP contribution in [0.1, 0.15) is 18.5 Å². The van der Waals surface area contributed by atoms with Crippen molar-refractivity contribution in [3.8, 4) is 11.1 Å². The van der Waals surface area contributed by atoms with Crippen LogP contribution in [0.3, 0.4) is 0 Å². The van der Waals surface area contributed by atoms with Crippen LogP contribution in [0, 0.1) is 0 Å². The van der Waals surface area contributed by atoms with Crippen LogP contribution < -0.4 is 5.73 Å². The van der Waals surface area contributed by atoms with Gasteiger partial charge in [-0.1, -0.05) is 48.5 Å². The molecule has 0 bridgehead atoms. The average Bonchev–Trinajstić information content (AvgIpc) is 2.48. The maximum absolute atomic E-state index is 11.6. The summed E-state index contributed by atoms with van der Waals surface area (Å²) >= 11 is 0. The molecule has 0 saturated heterocycles. The quantitative estimate of drug-likeness (QED) is 0.855. The Kier molecular flexibility index (Phi) is 4.31. The van der Waals surface area contributed by atoms with Crippen molar-refractivity contribution in [2.75, 3.05) is 6.61 Å². The Morgan fingerprint density at radius 3 is 2.47 bits per heavy atom. The molecule has 3 heteroatoms. The minimum Gasteiger partial charge on any atom is -0.465 e. The molecule has 0 fully saturated rings. The lowest BCUT2D eigenvalue weighted by Gasteiger charge is -2.12. The number of hydrogen-bond donors (Lipinski definition) is 1. The molecule has 0 aromatic heterocycles. The van der Waals surface area contributed by atoms with E-state index in [4.69, 9.17) is 10.5 Å². The summed E-state index contributed by atoms with van der Waals surface area (Å²) in [4.78, 5) is 11.6. The second-order valence-electron chi connectivity index (χ2n) is 4.22. The van der Waals surface area contributed by atoms with Gasteiger partial charge in [-0.05, 0) is 29.7 Å². The van der Waals surface area contributed by atoms with Crippen molar-refractivity contribution >= 4 is 5.97 Å². The summed E-state index contributed by atoms with van der Waals surface area (Å²) in [7, 11) is 0. The van der Waals surface area contributed by atoms with Gasteiger partial charge in [-0.15, -0.1) is 0 Å². The molecular formula is C16H17NO2. The molecule has 0 saturated carbocycles. The van der Waals surface area contributed by atoms with Crippen LogP contribution in [0.4, 0.5) is 0 Å². The number of rotatable bonds is 4. The van der Waals surface area contributed by atoms with Crippen molar-refractivity contribution in [1.82, 2.24) is 0 Å². The first kappa shape index (κ1) is 13.3. The Morgan fingerprint density at radius 2 is 1.79 bits per heavy atom. The zero-order chi connectivity index (χ0) is 13.7. The van der Waals surface area contributed by atoms with E-state index in [1.165, 1.54) is 0 Å². The number of nitrogens with two attached hydrogens (primary N) is 1. The van der Waals surface area contributed by atoms with Crippen LogP contribution in [-0.2, 0) is 9.53 Å². The number of hydrogen-bond acceptors (Lipinski definition) is 3. The molecule has 0 radical (unpaired) electrons. The zero-order valence-electron chi connectivity index (χ0n) is 10.9. The van der Waals surface area contributed by atoms with E-state index in [0.717, 1.165) is 16.7 Å². The fourth-order valence-corrected chi connectivity index (χ4v) is 1.91. The predicted molar refractivity (Wildman–Crippen MR) is 75.4 cm³/mol. The first-order chi connectivity index (χ1) is 9.22. The first-order valence-corrected chi connectivity index (χ1v) is 6.30. The van der Waals surface area contributed by atoms with E-state index < -0.39 is 12.0 Å². The van der Waals surface area contributed by atoms with Gasteiger partial charge < -0.3 is 10.5 Å². The fraction of sp³-hybridized carbons (Fsp3) is 0.188. The number of ether oxygens (including phenoxy) is 1. The topological polar surface area (TPSA) is 52.3 Å². The third kappa shape index (κ3) is 3.20. The Morgan fingerprint density at radius 1 is 1.11 bits per heavy atom. The highest BCUT2D eigenvalue weighted by Gasteiger charge is 2.17. The Hall–Kier alpha value is -2.13. The van der Waals surface area contributed by atoms with Crippen LogP contribution in [0.15, 0.2) is 54.6 Å². The van der Waals surface area contributed by atoms with Gasteiger partial charge in [0.05, 0.1) is 6.61 Å². The zero-order valence-corrected chi connectivity index (χ0v) is 10.9. The lowest BCUT2D eigenvalue weighted by molar-refractivity contribution is -0.144. The largest absolute Gasteiger partial charge is 0.465 e. The molecule has 0 aliphatic heterocycles. The average molecular weight is 255 g/mol. The van der Waals surface area contributed by atoms with E-state index in [1.54, 1.807) is 6.92 Å². The van der Waals surface area contributed by atoms with Gasteiger partial charge in [0, 0.05) is 0 Å². The minimum atomic E-state index is -0.733. The van der Waals surface area contributed by atoms with E-state index >= 15 is 0 Å². The van der Waals surface area contributed by atoms with Gasteiger partial charge in [-0.2, -0.15) is 0 Å². The summed E-state index contributed by atoms with van der Waals surface area (Å²) in [5, 5.41) is 0. The van der Waals surface area contributed by atoms with E-state index in [1.807, 2.05) is 54.6 Å². The Balaban J connectivity index is 2.27. The van der Waals surface area contributed by atoms with Crippen molar-refractivity contribution in [2.45, 2.75) is 13.0 Å². The maximum Gasteiger partial charge on any atom is 0.327 e. The molecule has 0 aliphatic carbocycles. The Bertz CT molecular complexity index is 552. The second kappa shape index (κ2) is 6.16. The molecule has 2 rings (SSSR count). The molecule has 1 unspecified atom stereocenters. The van der Waals surface area contributed by atoms with Crippen molar-refractivity contribution in [2.24, 2.45) is 5.73 Å². The summed E-state index contributed by atoms with van der Waals surface area (Å²) < 4.78 is 4.94. The predicted octanol–water partition coefficient (Wildman–Crippen LogP) is 2.92. The number of esters is 1.